The van der Waals surface area contributed by atoms with Crippen molar-refractivity contribution < 1.29 is 0 Å². The second-order valence-corrected chi connectivity index (χ2v) is 6.10. The van der Waals surface area contributed by atoms with Crippen molar-refractivity contribution in [2.45, 2.75) is 58.0 Å². The van der Waals surface area contributed by atoms with Gasteiger partial charge >= 0.3 is 0 Å². The third-order valence-corrected chi connectivity index (χ3v) is 4.45. The lowest BCUT2D eigenvalue weighted by Crippen LogP contribution is -2.37. The molecule has 2 N–H and O–H groups in total. The van der Waals surface area contributed by atoms with Crippen LogP contribution in [0.5, 0.6) is 0 Å². The summed E-state index contributed by atoms with van der Waals surface area (Å²) in [7, 11) is 0. The Bertz CT molecular complexity index is 419. The van der Waals surface area contributed by atoms with Crippen LogP contribution in [0.1, 0.15) is 45.1 Å². The van der Waals surface area contributed by atoms with E-state index in [1.165, 1.54) is 30.5 Å². The van der Waals surface area contributed by atoms with Crippen molar-refractivity contribution >= 4 is 17.3 Å². The minimum atomic E-state index is 0.232. The lowest BCUT2D eigenvalue weighted by molar-refractivity contribution is 0.485. The highest BCUT2D eigenvalue weighted by Gasteiger charge is 2.20. The minimum Gasteiger partial charge on any atom is -0.368 e. The molecule has 0 aromatic heterocycles. The van der Waals surface area contributed by atoms with Crippen molar-refractivity contribution in [1.82, 2.24) is 0 Å². The van der Waals surface area contributed by atoms with Crippen molar-refractivity contribution in [1.29, 1.82) is 0 Å². The second-order valence-electron chi connectivity index (χ2n) is 5.70. The number of nitrogens with zero attached hydrogens (tertiary/aromatic N) is 1. The van der Waals surface area contributed by atoms with Crippen LogP contribution in [0.4, 0.5) is 5.69 Å². The van der Waals surface area contributed by atoms with Crippen molar-refractivity contribution in [3.8, 4) is 0 Å². The highest BCUT2D eigenvalue weighted by Crippen LogP contribution is 2.32. The molecule has 19 heavy (non-hydrogen) atoms. The lowest BCUT2D eigenvalue weighted by atomic mass is 10.0. The average molecular weight is 281 g/mol. The average Bonchev–Trinajstić information content (AvgIpc) is 2.40. The van der Waals surface area contributed by atoms with E-state index in [9.17, 15) is 0 Å². The lowest BCUT2D eigenvalue weighted by Gasteiger charge is -2.36. The fourth-order valence-corrected chi connectivity index (χ4v) is 3.13. The topological polar surface area (TPSA) is 29.3 Å². The third kappa shape index (κ3) is 3.64. The van der Waals surface area contributed by atoms with Crippen molar-refractivity contribution in [3.63, 3.8) is 0 Å². The monoisotopic (exact) mass is 280 g/mol. The van der Waals surface area contributed by atoms with Crippen LogP contribution in [0.25, 0.3) is 0 Å². The Kier molecular flexibility index (Phi) is 5.12. The molecule has 1 saturated heterocycles. The van der Waals surface area contributed by atoms with Gasteiger partial charge < -0.3 is 10.6 Å². The molecule has 2 rings (SSSR count). The van der Waals surface area contributed by atoms with Crippen LogP contribution in [0.3, 0.4) is 0 Å². The van der Waals surface area contributed by atoms with Crippen molar-refractivity contribution in [3.05, 3.63) is 28.8 Å². The van der Waals surface area contributed by atoms with Crippen molar-refractivity contribution in [2.24, 2.45) is 5.73 Å². The quantitative estimate of drug-likeness (QED) is 0.903. The van der Waals surface area contributed by atoms with Crippen molar-refractivity contribution in [2.75, 3.05) is 11.4 Å². The Hall–Kier alpha value is -0.730. The molecule has 2 unspecified atom stereocenters. The van der Waals surface area contributed by atoms with Gasteiger partial charge in [0, 0.05) is 18.6 Å². The summed E-state index contributed by atoms with van der Waals surface area (Å²) >= 11 is 6.47. The van der Waals surface area contributed by atoms with Crippen LogP contribution in [-0.4, -0.2) is 18.6 Å². The van der Waals surface area contributed by atoms with E-state index in [2.05, 4.69) is 36.9 Å². The standard InChI is InChI=1S/C16H25ClN2/c1-3-14(18)10-13-7-8-16(15(17)11-13)19-9-5-4-6-12(19)2/h7-8,11-12,14H,3-6,9-10,18H2,1-2H3. The Morgan fingerprint density at radius 1 is 1.42 bits per heavy atom. The summed E-state index contributed by atoms with van der Waals surface area (Å²) in [6.07, 6.45) is 5.77. The molecule has 2 nitrogen and oxygen atoms in total. The Morgan fingerprint density at radius 2 is 2.21 bits per heavy atom. The summed E-state index contributed by atoms with van der Waals surface area (Å²) in [4.78, 5) is 2.44. The van der Waals surface area contributed by atoms with E-state index in [1.807, 2.05) is 0 Å². The van der Waals surface area contributed by atoms with Gasteiger partial charge in [-0.15, -0.1) is 0 Å². The number of anilines is 1. The number of hydrogen-bond donors (Lipinski definition) is 1. The van der Waals surface area contributed by atoms with Gasteiger partial charge in [-0.2, -0.15) is 0 Å². The summed E-state index contributed by atoms with van der Waals surface area (Å²) in [6.45, 7) is 5.53. The molecule has 0 radical (unpaired) electrons. The molecule has 1 aromatic carbocycles. The predicted octanol–water partition coefficient (Wildman–Crippen LogP) is 4.00. The van der Waals surface area contributed by atoms with Gasteiger partial charge in [-0.3, -0.25) is 0 Å². The number of piperidine rings is 1. The molecule has 0 spiro atoms. The van der Waals surface area contributed by atoms with Gasteiger partial charge in [0.05, 0.1) is 10.7 Å². The zero-order chi connectivity index (χ0) is 13.8. The van der Waals surface area contributed by atoms with Crippen LogP contribution in [-0.2, 0) is 6.42 Å². The largest absolute Gasteiger partial charge is 0.368 e. The molecule has 0 saturated carbocycles. The molecule has 1 aromatic rings. The van der Waals surface area contributed by atoms with E-state index in [0.29, 0.717) is 6.04 Å². The zero-order valence-corrected chi connectivity index (χ0v) is 12.8. The maximum absolute atomic E-state index is 6.47. The smallest absolute Gasteiger partial charge is 0.0642 e. The fourth-order valence-electron chi connectivity index (χ4n) is 2.81. The molecule has 106 valence electrons. The first-order valence-electron chi connectivity index (χ1n) is 7.42. The molecule has 0 amide bonds. The Labute approximate surface area is 121 Å². The molecular weight excluding hydrogens is 256 g/mol. The van der Waals surface area contributed by atoms with Crippen LogP contribution < -0.4 is 10.6 Å². The van der Waals surface area contributed by atoms with Crippen LogP contribution in [0.2, 0.25) is 5.02 Å². The summed E-state index contributed by atoms with van der Waals surface area (Å²) in [6, 6.07) is 7.26. The maximum atomic E-state index is 6.47. The first-order valence-corrected chi connectivity index (χ1v) is 7.80. The highest BCUT2D eigenvalue weighted by atomic mass is 35.5. The number of benzene rings is 1. The summed E-state index contributed by atoms with van der Waals surface area (Å²) in [5.41, 5.74) is 8.43. The predicted molar refractivity (Wildman–Crippen MR) is 84.1 cm³/mol. The first kappa shape index (κ1) is 14.7. The number of nitrogens with two attached hydrogens (primary N) is 1. The van der Waals surface area contributed by atoms with E-state index >= 15 is 0 Å². The van der Waals surface area contributed by atoms with Gasteiger partial charge in [0.2, 0.25) is 0 Å². The summed E-state index contributed by atoms with van der Waals surface area (Å²) in [5, 5.41) is 0.870. The van der Waals surface area contributed by atoms with Crippen LogP contribution in [0, 0.1) is 0 Å². The third-order valence-electron chi connectivity index (χ3n) is 4.15. The van der Waals surface area contributed by atoms with Gasteiger partial charge in [-0.25, -0.2) is 0 Å². The second kappa shape index (κ2) is 6.62. The fraction of sp³-hybridized carbons (Fsp3) is 0.625. The van der Waals surface area contributed by atoms with Gasteiger partial charge in [0.15, 0.2) is 0 Å². The van der Waals surface area contributed by atoms with E-state index in [4.69, 9.17) is 17.3 Å². The highest BCUT2D eigenvalue weighted by molar-refractivity contribution is 6.33. The van der Waals surface area contributed by atoms with E-state index in [-0.39, 0.29) is 6.04 Å². The SMILES string of the molecule is CCC(N)Cc1ccc(N2CCCCC2C)c(Cl)c1. The number of halogens is 1. The molecule has 0 bridgehead atoms. The van der Waals surface area contributed by atoms with Gasteiger partial charge in [0.1, 0.15) is 0 Å². The van der Waals surface area contributed by atoms with E-state index < -0.39 is 0 Å². The maximum Gasteiger partial charge on any atom is 0.0642 e. The number of rotatable bonds is 4. The van der Waals surface area contributed by atoms with Crippen LogP contribution in [0.15, 0.2) is 18.2 Å². The first-order chi connectivity index (χ1) is 9.11. The van der Waals surface area contributed by atoms with Gasteiger partial charge in [0.25, 0.3) is 0 Å². The Balaban J connectivity index is 2.14. The minimum absolute atomic E-state index is 0.232. The van der Waals surface area contributed by atoms with E-state index in [0.717, 1.165) is 24.4 Å². The molecule has 1 aliphatic rings. The van der Waals surface area contributed by atoms with Gasteiger partial charge in [-0.05, 0) is 56.7 Å². The van der Waals surface area contributed by atoms with Gasteiger partial charge in [-0.1, -0.05) is 24.6 Å². The van der Waals surface area contributed by atoms with Crippen LogP contribution >= 0.6 is 11.6 Å². The van der Waals surface area contributed by atoms with E-state index in [1.54, 1.807) is 0 Å². The number of hydrogen-bond acceptors (Lipinski definition) is 2. The summed E-state index contributed by atoms with van der Waals surface area (Å²) in [5.74, 6) is 0. The molecule has 3 heteroatoms. The molecule has 2 atom stereocenters. The normalized spacial score (nSPS) is 21.5. The summed E-state index contributed by atoms with van der Waals surface area (Å²) < 4.78 is 0. The Morgan fingerprint density at radius 3 is 2.84 bits per heavy atom. The molecule has 1 heterocycles. The molecule has 1 fully saturated rings. The molecule has 0 aliphatic carbocycles. The molecular formula is C16H25ClN2. The zero-order valence-electron chi connectivity index (χ0n) is 12.0. The molecule has 1 aliphatic heterocycles.